The van der Waals surface area contributed by atoms with Crippen LogP contribution >= 0.6 is 0 Å². The average Bonchev–Trinajstić information content (AvgIpc) is 3.21. The number of non-ortho nitro benzene ring substituents is 1. The van der Waals surface area contributed by atoms with Crippen molar-refractivity contribution in [2.75, 3.05) is 7.11 Å². The van der Waals surface area contributed by atoms with Gasteiger partial charge in [0.25, 0.3) is 5.69 Å². The molecule has 0 radical (unpaired) electrons. The van der Waals surface area contributed by atoms with Gasteiger partial charge in [0.05, 0.1) is 23.4 Å². The van der Waals surface area contributed by atoms with E-state index in [1.54, 1.807) is 6.07 Å². The fourth-order valence-electron chi connectivity index (χ4n) is 3.19. The summed E-state index contributed by atoms with van der Waals surface area (Å²) in [6.07, 6.45) is 0. The normalized spacial score (nSPS) is 10.7. The number of aromatic hydroxyl groups is 2. The van der Waals surface area contributed by atoms with Crippen LogP contribution in [0.25, 0.3) is 33.9 Å². The van der Waals surface area contributed by atoms with Gasteiger partial charge in [-0.25, -0.2) is 4.98 Å². The van der Waals surface area contributed by atoms with Gasteiger partial charge in [-0.05, 0) is 24.3 Å². The van der Waals surface area contributed by atoms with E-state index in [2.05, 4.69) is 9.97 Å². The second-order valence-corrected chi connectivity index (χ2v) is 6.52. The van der Waals surface area contributed by atoms with Gasteiger partial charge in [0, 0.05) is 28.8 Å². The largest absolute Gasteiger partial charge is 0.504 e. The third kappa shape index (κ3) is 3.42. The van der Waals surface area contributed by atoms with E-state index >= 15 is 0 Å². The van der Waals surface area contributed by atoms with Crippen LogP contribution in [0.1, 0.15) is 0 Å². The number of nitro groups is 1. The van der Waals surface area contributed by atoms with Crippen molar-refractivity contribution >= 4 is 5.69 Å². The maximum absolute atomic E-state index is 11.3. The summed E-state index contributed by atoms with van der Waals surface area (Å²) in [5.74, 6) is 0.350. The second-order valence-electron chi connectivity index (χ2n) is 6.52. The summed E-state index contributed by atoms with van der Waals surface area (Å²) in [6, 6.07) is 18.1. The third-order valence-electron chi connectivity index (χ3n) is 4.66. The van der Waals surface area contributed by atoms with Crippen LogP contribution in [-0.2, 0) is 0 Å². The number of H-pyrrole nitrogens is 1. The predicted molar refractivity (Wildman–Crippen MR) is 111 cm³/mol. The summed E-state index contributed by atoms with van der Waals surface area (Å²) in [5.41, 5.74) is 2.83. The SMILES string of the molecule is COc1ccc([N+](=O)[O-])cc1-c1[nH]c(-c2ccc(O)c(O)c2)nc1-c1ccccc1. The molecule has 8 nitrogen and oxygen atoms in total. The minimum atomic E-state index is -0.472. The first-order valence-electron chi connectivity index (χ1n) is 8.98. The maximum Gasteiger partial charge on any atom is 0.270 e. The molecule has 4 aromatic rings. The van der Waals surface area contributed by atoms with Gasteiger partial charge in [0.15, 0.2) is 11.5 Å². The molecule has 0 unspecified atom stereocenters. The molecule has 0 fully saturated rings. The van der Waals surface area contributed by atoms with Crippen molar-refractivity contribution in [3.63, 3.8) is 0 Å². The Bertz CT molecular complexity index is 1240. The Morgan fingerprint density at radius 3 is 2.40 bits per heavy atom. The van der Waals surface area contributed by atoms with Gasteiger partial charge in [-0.15, -0.1) is 0 Å². The highest BCUT2D eigenvalue weighted by Crippen LogP contribution is 2.40. The molecule has 4 rings (SSSR count). The number of hydrogen-bond acceptors (Lipinski definition) is 6. The smallest absolute Gasteiger partial charge is 0.270 e. The zero-order chi connectivity index (χ0) is 21.3. The van der Waals surface area contributed by atoms with E-state index in [4.69, 9.17) is 4.74 Å². The number of nitro benzene ring substituents is 1. The molecule has 30 heavy (non-hydrogen) atoms. The predicted octanol–water partition coefficient (Wildman–Crippen LogP) is 4.74. The summed E-state index contributed by atoms with van der Waals surface area (Å²) in [6.45, 7) is 0. The number of benzene rings is 3. The number of aromatic nitrogens is 2. The first-order chi connectivity index (χ1) is 14.5. The average molecular weight is 403 g/mol. The first-order valence-corrected chi connectivity index (χ1v) is 8.98. The molecule has 0 aliphatic carbocycles. The number of rotatable bonds is 5. The number of phenolic OH excluding ortho intramolecular Hbond substituents is 2. The lowest BCUT2D eigenvalue weighted by atomic mass is 10.0. The second kappa shape index (κ2) is 7.59. The van der Waals surface area contributed by atoms with Crippen molar-refractivity contribution in [2.45, 2.75) is 0 Å². The quantitative estimate of drug-likeness (QED) is 0.251. The Labute approximate surface area is 171 Å². The van der Waals surface area contributed by atoms with Gasteiger partial charge in [-0.2, -0.15) is 0 Å². The number of ether oxygens (including phenoxy) is 1. The number of methoxy groups -OCH3 is 1. The summed E-state index contributed by atoms with van der Waals surface area (Å²) >= 11 is 0. The summed E-state index contributed by atoms with van der Waals surface area (Å²) < 4.78 is 5.43. The van der Waals surface area contributed by atoms with Crippen molar-refractivity contribution in [2.24, 2.45) is 0 Å². The van der Waals surface area contributed by atoms with E-state index in [1.807, 2.05) is 30.3 Å². The van der Waals surface area contributed by atoms with Crippen molar-refractivity contribution in [3.05, 3.63) is 76.8 Å². The molecule has 0 bridgehead atoms. The fraction of sp³-hybridized carbons (Fsp3) is 0.0455. The lowest BCUT2D eigenvalue weighted by molar-refractivity contribution is -0.384. The van der Waals surface area contributed by atoms with E-state index in [0.29, 0.717) is 34.1 Å². The number of aromatic amines is 1. The fourth-order valence-corrected chi connectivity index (χ4v) is 3.19. The lowest BCUT2D eigenvalue weighted by Crippen LogP contribution is -1.94. The zero-order valence-corrected chi connectivity index (χ0v) is 15.9. The molecular weight excluding hydrogens is 386 g/mol. The van der Waals surface area contributed by atoms with Crippen LogP contribution < -0.4 is 4.74 Å². The number of hydrogen-bond donors (Lipinski definition) is 3. The van der Waals surface area contributed by atoms with Crippen LogP contribution in [0.15, 0.2) is 66.7 Å². The van der Waals surface area contributed by atoms with Gasteiger partial charge >= 0.3 is 0 Å². The molecule has 1 aromatic heterocycles. The summed E-state index contributed by atoms with van der Waals surface area (Å²) in [7, 11) is 1.49. The van der Waals surface area contributed by atoms with Crippen molar-refractivity contribution in [1.29, 1.82) is 0 Å². The monoisotopic (exact) mass is 403 g/mol. The Kier molecular flexibility index (Phi) is 4.81. The van der Waals surface area contributed by atoms with Crippen LogP contribution in [0, 0.1) is 10.1 Å². The number of nitrogens with zero attached hydrogens (tertiary/aromatic N) is 2. The Morgan fingerprint density at radius 1 is 0.967 bits per heavy atom. The van der Waals surface area contributed by atoms with Gasteiger partial charge < -0.3 is 19.9 Å². The van der Waals surface area contributed by atoms with E-state index < -0.39 is 4.92 Å². The number of phenols is 2. The number of nitrogens with one attached hydrogen (secondary N) is 1. The van der Waals surface area contributed by atoms with Crippen LogP contribution in [0.3, 0.4) is 0 Å². The molecule has 0 aliphatic heterocycles. The van der Waals surface area contributed by atoms with E-state index in [-0.39, 0.29) is 17.2 Å². The standard InChI is InChI=1S/C22H17N3O5/c1-30-19-10-8-15(25(28)29)12-16(19)21-20(13-5-3-2-4-6-13)23-22(24-21)14-7-9-17(26)18(27)11-14/h2-12,26-27H,1H3,(H,23,24). The highest BCUT2D eigenvalue weighted by molar-refractivity contribution is 5.85. The van der Waals surface area contributed by atoms with E-state index in [1.165, 1.54) is 37.4 Å². The van der Waals surface area contributed by atoms with Gasteiger partial charge in [0.1, 0.15) is 11.6 Å². The Hall–Kier alpha value is -4.33. The van der Waals surface area contributed by atoms with Gasteiger partial charge in [-0.3, -0.25) is 10.1 Å². The molecule has 0 atom stereocenters. The summed E-state index contributed by atoms with van der Waals surface area (Å²) in [5, 5.41) is 30.8. The molecule has 3 N–H and O–H groups in total. The molecule has 150 valence electrons. The molecule has 1 heterocycles. The van der Waals surface area contributed by atoms with Crippen LogP contribution in [-0.4, -0.2) is 32.2 Å². The highest BCUT2D eigenvalue weighted by atomic mass is 16.6. The molecule has 8 heteroatoms. The zero-order valence-electron chi connectivity index (χ0n) is 15.9. The van der Waals surface area contributed by atoms with E-state index in [9.17, 15) is 20.3 Å². The minimum absolute atomic E-state index is 0.0803. The molecule has 3 aromatic carbocycles. The van der Waals surface area contributed by atoms with Crippen molar-refractivity contribution < 1.29 is 19.9 Å². The van der Waals surface area contributed by atoms with Crippen molar-refractivity contribution in [1.82, 2.24) is 9.97 Å². The maximum atomic E-state index is 11.3. The first kappa shape index (κ1) is 19.0. The van der Waals surface area contributed by atoms with Crippen LogP contribution in [0.5, 0.6) is 17.2 Å². The lowest BCUT2D eigenvalue weighted by Gasteiger charge is -2.09. The van der Waals surface area contributed by atoms with Crippen molar-refractivity contribution in [3.8, 4) is 51.2 Å². The summed E-state index contributed by atoms with van der Waals surface area (Å²) in [4.78, 5) is 18.7. The molecule has 0 spiro atoms. The molecule has 0 saturated carbocycles. The minimum Gasteiger partial charge on any atom is -0.504 e. The van der Waals surface area contributed by atoms with Gasteiger partial charge in [0.2, 0.25) is 0 Å². The molecule has 0 aliphatic rings. The van der Waals surface area contributed by atoms with E-state index in [0.717, 1.165) is 5.56 Å². The topological polar surface area (TPSA) is 122 Å². The molecule has 0 amide bonds. The molecular formula is C22H17N3O5. The Morgan fingerprint density at radius 2 is 1.73 bits per heavy atom. The van der Waals surface area contributed by atoms with Crippen LogP contribution in [0.4, 0.5) is 5.69 Å². The Balaban J connectivity index is 1.97. The highest BCUT2D eigenvalue weighted by Gasteiger charge is 2.21. The third-order valence-corrected chi connectivity index (χ3v) is 4.66. The van der Waals surface area contributed by atoms with Crippen LogP contribution in [0.2, 0.25) is 0 Å². The number of imidazole rings is 1. The molecule has 0 saturated heterocycles. The van der Waals surface area contributed by atoms with Gasteiger partial charge in [-0.1, -0.05) is 30.3 Å².